The first kappa shape index (κ1) is 33.0. The number of methoxy groups -OCH3 is 1. The molecule has 0 saturated heterocycles. The lowest BCUT2D eigenvalue weighted by Crippen LogP contribution is -2.32. The summed E-state index contributed by atoms with van der Waals surface area (Å²) < 4.78 is 18.6. The summed E-state index contributed by atoms with van der Waals surface area (Å²) in [6.07, 6.45) is 22.9. The van der Waals surface area contributed by atoms with Crippen molar-refractivity contribution >= 4 is 14.4 Å². The maximum Gasteiger partial charge on any atom is 0.329 e. The van der Waals surface area contributed by atoms with Crippen LogP contribution in [-0.4, -0.2) is 48.5 Å². The molecule has 8 nitrogen and oxygen atoms in total. The van der Waals surface area contributed by atoms with E-state index in [0.29, 0.717) is 25.7 Å². The summed E-state index contributed by atoms with van der Waals surface area (Å²) in [4.78, 5) is 14.3. The van der Waals surface area contributed by atoms with Crippen molar-refractivity contribution in [2.45, 2.75) is 129 Å². The minimum atomic E-state index is -1.86. The molecular weight excluding hydrogens is 499 g/mol. The maximum absolute atomic E-state index is 10.1. The van der Waals surface area contributed by atoms with Crippen LogP contribution in [-0.2, 0) is 20.2 Å². The highest BCUT2D eigenvalue weighted by Gasteiger charge is 2.17. The summed E-state index contributed by atoms with van der Waals surface area (Å²) in [7, 11) is -0.194. The smallest absolute Gasteiger partial charge is 0.329 e. The summed E-state index contributed by atoms with van der Waals surface area (Å²) in [6, 6.07) is 4.02. The largest absolute Gasteiger partial charge is 0.382 e. The van der Waals surface area contributed by atoms with Gasteiger partial charge in [0.15, 0.2) is 0 Å². The van der Waals surface area contributed by atoms with Crippen LogP contribution < -0.4 is 11.2 Å². The highest BCUT2D eigenvalue weighted by molar-refractivity contribution is 7.40. The Bertz CT molecular complexity index is 746. The number of aromatic nitrogens is 1. The predicted octanol–water partition coefficient (Wildman–Crippen LogP) is 7.17. The minimum Gasteiger partial charge on any atom is -0.382 e. The van der Waals surface area contributed by atoms with Crippen LogP contribution in [0.25, 0.3) is 0 Å². The average molecular weight is 555 g/mol. The van der Waals surface area contributed by atoms with Crippen LogP contribution in [0.2, 0.25) is 0 Å². The number of aryl methyl sites for hydroxylation is 1. The Morgan fingerprint density at radius 1 is 0.921 bits per heavy atom. The molecule has 0 aromatic carbocycles. The number of rotatable bonds is 25. The molecule has 0 fully saturated rings. The van der Waals surface area contributed by atoms with Crippen LogP contribution in [0.4, 0.5) is 0 Å². The molecule has 0 amide bonds. The highest BCUT2D eigenvalue weighted by Crippen LogP contribution is 2.33. The van der Waals surface area contributed by atoms with Crippen molar-refractivity contribution in [3.05, 3.63) is 23.5 Å². The summed E-state index contributed by atoms with van der Waals surface area (Å²) in [6.45, 7) is 3.61. The van der Waals surface area contributed by atoms with E-state index in [1.165, 1.54) is 89.9 Å². The lowest BCUT2D eigenvalue weighted by atomic mass is 10.0. The molecule has 2 heterocycles. The normalized spacial score (nSPS) is 14.7. The number of fused-ring (bicyclic) bond motifs is 1. The lowest BCUT2D eigenvalue weighted by molar-refractivity contribution is 0.0440. The van der Waals surface area contributed by atoms with Gasteiger partial charge < -0.3 is 29.8 Å². The molecule has 0 radical (unpaired) electrons. The van der Waals surface area contributed by atoms with Gasteiger partial charge in [-0.05, 0) is 31.4 Å². The van der Waals surface area contributed by atoms with Crippen LogP contribution in [0, 0.1) is 0 Å². The Kier molecular flexibility index (Phi) is 18.8. The van der Waals surface area contributed by atoms with E-state index in [2.05, 4.69) is 17.3 Å². The number of ether oxygens (including phenoxy) is 1. The number of hydrogen-bond donors (Lipinski definition) is 3. The van der Waals surface area contributed by atoms with Crippen molar-refractivity contribution in [2.75, 3.05) is 32.4 Å². The summed E-state index contributed by atoms with van der Waals surface area (Å²) in [5, 5.41) is 0. The number of nitrogens with two attached hydrogens (primary N) is 1. The zero-order valence-electron chi connectivity index (χ0n) is 24.2. The molecule has 220 valence electrons. The van der Waals surface area contributed by atoms with Gasteiger partial charge >= 0.3 is 8.60 Å². The topological polar surface area (TPSA) is 103 Å². The zero-order valence-corrected chi connectivity index (χ0v) is 25.1. The Labute approximate surface area is 233 Å². The van der Waals surface area contributed by atoms with Crippen molar-refractivity contribution in [2.24, 2.45) is 10.7 Å². The fourth-order valence-electron chi connectivity index (χ4n) is 4.89. The Balaban J connectivity index is 1.37. The van der Waals surface area contributed by atoms with Crippen molar-refractivity contribution in [1.82, 2.24) is 4.68 Å². The molecule has 1 aliphatic rings. The van der Waals surface area contributed by atoms with Gasteiger partial charge in [0, 0.05) is 12.8 Å². The van der Waals surface area contributed by atoms with Gasteiger partial charge in [-0.15, -0.1) is 0 Å². The molecule has 2 atom stereocenters. The van der Waals surface area contributed by atoms with E-state index < -0.39 is 8.60 Å². The molecule has 1 aromatic heterocycles. The molecule has 4 N–H and O–H groups in total. The third kappa shape index (κ3) is 14.3. The van der Waals surface area contributed by atoms with Crippen LogP contribution in [0.1, 0.15) is 127 Å². The maximum atomic E-state index is 10.1. The Hall–Kier alpha value is -1.18. The summed E-state index contributed by atoms with van der Waals surface area (Å²) >= 11 is 0. The van der Waals surface area contributed by atoms with Crippen LogP contribution in [0.3, 0.4) is 0 Å². The van der Waals surface area contributed by atoms with Crippen LogP contribution in [0.15, 0.2) is 17.1 Å². The SMILES string of the molecule is CCCCCCCCCCCCCCCCCCOP(O)OCC(CCc1ccc2n1NCN=C2N)OC. The van der Waals surface area contributed by atoms with E-state index in [1.54, 1.807) is 7.11 Å². The van der Waals surface area contributed by atoms with Crippen molar-refractivity contribution in [3.63, 3.8) is 0 Å². The molecule has 9 heteroatoms. The first-order chi connectivity index (χ1) is 18.7. The number of nitrogens with one attached hydrogen (secondary N) is 1. The van der Waals surface area contributed by atoms with Gasteiger partial charge in [0.05, 0.1) is 19.3 Å². The van der Waals surface area contributed by atoms with Crippen molar-refractivity contribution < 1.29 is 18.7 Å². The molecule has 0 saturated carbocycles. The molecule has 2 rings (SSSR count). The molecular formula is C29H55N4O4P. The summed E-state index contributed by atoms with van der Waals surface area (Å²) in [5.41, 5.74) is 11.2. The number of unbranched alkanes of at least 4 members (excludes halogenated alkanes) is 15. The van der Waals surface area contributed by atoms with Gasteiger partial charge in [-0.25, -0.2) is 4.99 Å². The molecule has 2 unspecified atom stereocenters. The zero-order chi connectivity index (χ0) is 27.3. The van der Waals surface area contributed by atoms with Gasteiger partial charge in [0.1, 0.15) is 18.2 Å². The quantitative estimate of drug-likeness (QED) is 0.0875. The van der Waals surface area contributed by atoms with Crippen LogP contribution >= 0.6 is 8.60 Å². The fraction of sp³-hybridized carbons (Fsp3) is 0.828. The van der Waals surface area contributed by atoms with Gasteiger partial charge in [0.2, 0.25) is 0 Å². The molecule has 1 aliphatic heterocycles. The predicted molar refractivity (Wildman–Crippen MR) is 159 cm³/mol. The second-order valence-electron chi connectivity index (χ2n) is 10.5. The van der Waals surface area contributed by atoms with E-state index in [9.17, 15) is 4.89 Å². The highest BCUT2D eigenvalue weighted by atomic mass is 31.2. The van der Waals surface area contributed by atoms with Gasteiger partial charge in [-0.1, -0.05) is 103 Å². The first-order valence-electron chi connectivity index (χ1n) is 15.2. The first-order valence-corrected chi connectivity index (χ1v) is 16.3. The Morgan fingerprint density at radius 2 is 1.50 bits per heavy atom. The minimum absolute atomic E-state index is 0.118. The average Bonchev–Trinajstić information content (AvgIpc) is 3.35. The number of nitrogens with zero attached hydrogens (tertiary/aromatic N) is 2. The molecule has 1 aromatic rings. The van der Waals surface area contributed by atoms with E-state index in [1.807, 2.05) is 16.8 Å². The lowest BCUT2D eigenvalue weighted by Gasteiger charge is -2.20. The molecule has 0 spiro atoms. The molecule has 0 bridgehead atoms. The van der Waals surface area contributed by atoms with E-state index >= 15 is 0 Å². The third-order valence-electron chi connectivity index (χ3n) is 7.33. The number of amidine groups is 1. The van der Waals surface area contributed by atoms with Gasteiger partial charge in [0.25, 0.3) is 0 Å². The molecule has 38 heavy (non-hydrogen) atoms. The van der Waals surface area contributed by atoms with Crippen molar-refractivity contribution in [1.29, 1.82) is 0 Å². The standard InChI is InChI=1S/C29H55N4O4P/c1-3-4-5-6-7-8-9-10-11-12-13-14-15-16-17-18-23-36-38(34)37-24-27(35-2)21-19-26-20-22-28-29(30)31-25-32-33(26)28/h20,22,27,32,34H,3-19,21,23-25H2,1-2H3,(H2,30,31). The van der Waals surface area contributed by atoms with Crippen LogP contribution in [0.5, 0.6) is 0 Å². The molecule has 0 aliphatic carbocycles. The fourth-order valence-corrected chi connectivity index (χ4v) is 5.54. The second-order valence-corrected chi connectivity index (χ2v) is 11.5. The second kappa shape index (κ2) is 21.6. The van der Waals surface area contributed by atoms with Gasteiger partial charge in [-0.2, -0.15) is 0 Å². The van der Waals surface area contributed by atoms with Gasteiger partial charge in [-0.3, -0.25) is 4.68 Å². The number of hydrogen-bond acceptors (Lipinski definition) is 7. The van der Waals surface area contributed by atoms with E-state index in [4.69, 9.17) is 19.5 Å². The van der Waals surface area contributed by atoms with Crippen molar-refractivity contribution in [3.8, 4) is 0 Å². The monoisotopic (exact) mass is 554 g/mol. The summed E-state index contributed by atoms with van der Waals surface area (Å²) in [5.74, 6) is 0.550. The third-order valence-corrected chi connectivity index (χ3v) is 8.10. The Morgan fingerprint density at radius 3 is 2.08 bits per heavy atom. The van der Waals surface area contributed by atoms with E-state index in [-0.39, 0.29) is 6.10 Å². The number of aliphatic imine (C=N–C) groups is 1. The van der Waals surface area contributed by atoms with E-state index in [0.717, 1.165) is 37.1 Å².